The van der Waals surface area contributed by atoms with E-state index in [-0.39, 0.29) is 10.3 Å². The molecule has 0 bridgehead atoms. The van der Waals surface area contributed by atoms with E-state index in [4.69, 9.17) is 5.73 Å². The van der Waals surface area contributed by atoms with Crippen molar-refractivity contribution in [3.05, 3.63) is 23.8 Å². The number of hydrogen-bond acceptors (Lipinski definition) is 3. The lowest BCUT2D eigenvalue weighted by molar-refractivity contribution is 0.269. The first-order chi connectivity index (χ1) is 8.82. The van der Waals surface area contributed by atoms with Crippen LogP contribution in [0.4, 0.5) is 5.69 Å². The number of rotatable bonds is 4. The molecule has 0 aliphatic carbocycles. The van der Waals surface area contributed by atoms with E-state index in [2.05, 4.69) is 25.5 Å². The van der Waals surface area contributed by atoms with E-state index in [1.165, 1.54) is 0 Å². The van der Waals surface area contributed by atoms with Crippen LogP contribution in [-0.4, -0.2) is 14.0 Å². The van der Waals surface area contributed by atoms with Crippen molar-refractivity contribution in [1.29, 1.82) is 0 Å². The van der Waals surface area contributed by atoms with Crippen LogP contribution < -0.4 is 10.5 Å². The molecule has 114 valence electrons. The fourth-order valence-electron chi connectivity index (χ4n) is 2.75. The molecule has 0 aliphatic heterocycles. The maximum absolute atomic E-state index is 12.5. The van der Waals surface area contributed by atoms with Gasteiger partial charge in [0.15, 0.2) is 0 Å². The number of sulfonamides is 1. The Morgan fingerprint density at radius 2 is 1.70 bits per heavy atom. The van der Waals surface area contributed by atoms with Gasteiger partial charge in [0.2, 0.25) is 10.0 Å². The summed E-state index contributed by atoms with van der Waals surface area (Å²) < 4.78 is 27.8. The smallest absolute Gasteiger partial charge is 0.241 e. The van der Waals surface area contributed by atoms with Gasteiger partial charge in [0.25, 0.3) is 0 Å². The summed E-state index contributed by atoms with van der Waals surface area (Å²) >= 11 is 0. The maximum atomic E-state index is 12.5. The molecule has 0 unspecified atom stereocenters. The van der Waals surface area contributed by atoms with Crippen LogP contribution in [0.25, 0.3) is 0 Å². The Balaban J connectivity index is 3.06. The molecule has 0 radical (unpaired) electrons. The number of aryl methyl sites for hydroxylation is 1. The van der Waals surface area contributed by atoms with Crippen molar-refractivity contribution in [2.45, 2.75) is 58.4 Å². The van der Waals surface area contributed by atoms with Gasteiger partial charge in [-0.3, -0.25) is 0 Å². The summed E-state index contributed by atoms with van der Waals surface area (Å²) in [7, 11) is -3.54. The van der Waals surface area contributed by atoms with Gasteiger partial charge in [-0.25, -0.2) is 13.1 Å². The summed E-state index contributed by atoms with van der Waals surface area (Å²) in [4.78, 5) is 0.286. The van der Waals surface area contributed by atoms with Crippen molar-refractivity contribution in [3.8, 4) is 0 Å². The van der Waals surface area contributed by atoms with E-state index >= 15 is 0 Å². The van der Waals surface area contributed by atoms with Crippen LogP contribution in [0.3, 0.4) is 0 Å². The first-order valence-electron chi connectivity index (χ1n) is 6.73. The third kappa shape index (κ3) is 4.80. The SMILES string of the molecule is Cc1cc(N)ccc1S(=O)(=O)NC(C)(C)CC(C)(C)C. The summed E-state index contributed by atoms with van der Waals surface area (Å²) in [5, 5.41) is 0. The molecule has 0 atom stereocenters. The fourth-order valence-corrected chi connectivity index (χ4v) is 4.39. The van der Waals surface area contributed by atoms with E-state index in [1.807, 2.05) is 13.8 Å². The van der Waals surface area contributed by atoms with Crippen molar-refractivity contribution < 1.29 is 8.42 Å². The second-order valence-electron chi connectivity index (χ2n) is 7.25. The first-order valence-corrected chi connectivity index (χ1v) is 8.21. The molecule has 0 heterocycles. The molecule has 5 heteroatoms. The summed E-state index contributed by atoms with van der Waals surface area (Å²) in [5.41, 5.74) is 6.42. The van der Waals surface area contributed by atoms with E-state index < -0.39 is 15.6 Å². The van der Waals surface area contributed by atoms with Gasteiger partial charge in [0.1, 0.15) is 0 Å². The van der Waals surface area contributed by atoms with Crippen molar-refractivity contribution in [3.63, 3.8) is 0 Å². The van der Waals surface area contributed by atoms with Crippen LogP contribution in [-0.2, 0) is 10.0 Å². The minimum Gasteiger partial charge on any atom is -0.399 e. The zero-order valence-corrected chi connectivity index (χ0v) is 14.1. The number of anilines is 1. The molecule has 1 rings (SSSR count). The molecular formula is C15H26N2O2S. The predicted octanol–water partition coefficient (Wildman–Crippen LogP) is 3.07. The molecule has 4 nitrogen and oxygen atoms in total. The van der Waals surface area contributed by atoms with Crippen LogP contribution >= 0.6 is 0 Å². The van der Waals surface area contributed by atoms with Gasteiger partial charge in [0.05, 0.1) is 4.90 Å². The highest BCUT2D eigenvalue weighted by atomic mass is 32.2. The Hall–Kier alpha value is -1.07. The minimum atomic E-state index is -3.54. The average Bonchev–Trinajstić information content (AvgIpc) is 2.09. The van der Waals surface area contributed by atoms with Gasteiger partial charge in [-0.1, -0.05) is 20.8 Å². The number of benzene rings is 1. The molecule has 3 N–H and O–H groups in total. The Bertz CT molecular complexity index is 584. The highest BCUT2D eigenvalue weighted by Crippen LogP contribution is 2.28. The third-order valence-electron chi connectivity index (χ3n) is 2.87. The molecule has 0 spiro atoms. The molecule has 0 aliphatic rings. The normalized spacial score (nSPS) is 13.5. The molecule has 0 saturated heterocycles. The molecular weight excluding hydrogens is 272 g/mol. The van der Waals surface area contributed by atoms with Gasteiger partial charge < -0.3 is 5.73 Å². The minimum absolute atomic E-state index is 0.0438. The van der Waals surface area contributed by atoms with Gasteiger partial charge in [-0.2, -0.15) is 0 Å². The van der Waals surface area contributed by atoms with Crippen molar-refractivity contribution in [2.24, 2.45) is 5.41 Å². The number of nitrogens with one attached hydrogen (secondary N) is 1. The molecule has 1 aromatic rings. The lowest BCUT2D eigenvalue weighted by Gasteiger charge is -2.33. The monoisotopic (exact) mass is 298 g/mol. The second kappa shape index (κ2) is 5.37. The molecule has 0 saturated carbocycles. The van der Waals surface area contributed by atoms with Crippen LogP contribution in [0.15, 0.2) is 23.1 Å². The highest BCUT2D eigenvalue weighted by molar-refractivity contribution is 7.89. The molecule has 20 heavy (non-hydrogen) atoms. The van der Waals surface area contributed by atoms with Crippen molar-refractivity contribution >= 4 is 15.7 Å². The maximum Gasteiger partial charge on any atom is 0.241 e. The number of hydrogen-bond donors (Lipinski definition) is 2. The second-order valence-corrected chi connectivity index (χ2v) is 8.90. The van der Waals surface area contributed by atoms with Crippen LogP contribution in [0.2, 0.25) is 0 Å². The summed E-state index contributed by atoms with van der Waals surface area (Å²) in [5.74, 6) is 0. The highest BCUT2D eigenvalue weighted by Gasteiger charge is 2.31. The van der Waals surface area contributed by atoms with Crippen LogP contribution in [0.1, 0.15) is 46.6 Å². The molecule has 0 amide bonds. The Morgan fingerprint density at radius 3 is 2.15 bits per heavy atom. The number of nitrogens with two attached hydrogens (primary N) is 1. The quantitative estimate of drug-likeness (QED) is 0.839. The Labute approximate surface area is 122 Å². The Kier molecular flexibility index (Phi) is 4.56. The van der Waals surface area contributed by atoms with Crippen LogP contribution in [0, 0.1) is 12.3 Å². The number of nitrogen functional groups attached to an aromatic ring is 1. The standard InChI is InChI=1S/C15H26N2O2S/c1-11-9-12(16)7-8-13(11)20(18,19)17-15(5,6)10-14(2,3)4/h7-9,17H,10,16H2,1-6H3. The van der Waals surface area contributed by atoms with Gasteiger partial charge >= 0.3 is 0 Å². The van der Waals surface area contributed by atoms with E-state index in [0.717, 1.165) is 6.42 Å². The average molecular weight is 298 g/mol. The largest absolute Gasteiger partial charge is 0.399 e. The summed E-state index contributed by atoms with van der Waals surface area (Å²) in [6.45, 7) is 11.8. The van der Waals surface area contributed by atoms with Crippen molar-refractivity contribution in [1.82, 2.24) is 4.72 Å². The molecule has 0 fully saturated rings. The van der Waals surface area contributed by atoms with Crippen molar-refractivity contribution in [2.75, 3.05) is 5.73 Å². The zero-order valence-electron chi connectivity index (χ0n) is 13.2. The topological polar surface area (TPSA) is 72.2 Å². The van der Waals surface area contributed by atoms with Gasteiger partial charge in [-0.05, 0) is 56.4 Å². The van der Waals surface area contributed by atoms with Gasteiger partial charge in [0, 0.05) is 11.2 Å². The van der Waals surface area contributed by atoms with E-state index in [9.17, 15) is 8.42 Å². The predicted molar refractivity (Wildman–Crippen MR) is 84.1 cm³/mol. The zero-order chi connectivity index (χ0) is 15.8. The fraction of sp³-hybridized carbons (Fsp3) is 0.600. The lowest BCUT2D eigenvalue weighted by atomic mass is 9.82. The first kappa shape index (κ1) is 17.0. The third-order valence-corrected chi connectivity index (χ3v) is 4.73. The lowest BCUT2D eigenvalue weighted by Crippen LogP contribution is -2.45. The summed E-state index contributed by atoms with van der Waals surface area (Å²) in [6.07, 6.45) is 0.743. The molecule has 1 aromatic carbocycles. The van der Waals surface area contributed by atoms with E-state index in [0.29, 0.717) is 11.3 Å². The van der Waals surface area contributed by atoms with Crippen LogP contribution in [0.5, 0.6) is 0 Å². The van der Waals surface area contributed by atoms with E-state index in [1.54, 1.807) is 25.1 Å². The molecule has 0 aromatic heterocycles. The van der Waals surface area contributed by atoms with Gasteiger partial charge in [-0.15, -0.1) is 0 Å². The summed E-state index contributed by atoms with van der Waals surface area (Å²) in [6, 6.07) is 4.84. The Morgan fingerprint density at radius 1 is 1.15 bits per heavy atom.